The van der Waals surface area contributed by atoms with Gasteiger partial charge in [-0.05, 0) is 19.1 Å². The normalized spacial score (nSPS) is 16.2. The quantitative estimate of drug-likeness (QED) is 0.822. The summed E-state index contributed by atoms with van der Waals surface area (Å²) >= 11 is 0. The average Bonchev–Trinajstić information content (AvgIpc) is 2.39. The van der Waals surface area contributed by atoms with Crippen molar-refractivity contribution in [2.45, 2.75) is 6.92 Å². The summed E-state index contributed by atoms with van der Waals surface area (Å²) < 4.78 is 10.5. The molecule has 1 aliphatic heterocycles. The topological polar surface area (TPSA) is 54.3 Å². The number of rotatable bonds is 4. The number of aromatic hydroxyl groups is 1. The molecule has 0 radical (unpaired) electrons. The van der Waals surface area contributed by atoms with Gasteiger partial charge in [0.2, 0.25) is 0 Å². The third-order valence-electron chi connectivity index (χ3n) is 2.66. The van der Waals surface area contributed by atoms with Gasteiger partial charge >= 0.3 is 0 Å². The minimum atomic E-state index is 0.179. The van der Waals surface area contributed by atoms with Crippen LogP contribution >= 0.6 is 0 Å². The molecule has 0 aliphatic carbocycles. The lowest BCUT2D eigenvalue weighted by atomic mass is 10.2. The van der Waals surface area contributed by atoms with E-state index in [-0.39, 0.29) is 5.75 Å². The summed E-state index contributed by atoms with van der Waals surface area (Å²) in [4.78, 5) is 0. The molecular formula is C13H18N2O3. The molecule has 1 fully saturated rings. The Hall–Kier alpha value is -1.75. The molecule has 1 saturated heterocycles. The Morgan fingerprint density at radius 2 is 2.22 bits per heavy atom. The molecule has 1 aromatic rings. The largest absolute Gasteiger partial charge is 0.507 e. The third kappa shape index (κ3) is 3.37. The summed E-state index contributed by atoms with van der Waals surface area (Å²) in [5.74, 6) is 0.844. The van der Waals surface area contributed by atoms with E-state index in [0.29, 0.717) is 31.1 Å². The minimum absolute atomic E-state index is 0.179. The molecule has 98 valence electrons. The number of hydrogen-bond acceptors (Lipinski definition) is 5. The third-order valence-corrected chi connectivity index (χ3v) is 2.66. The maximum absolute atomic E-state index is 9.83. The molecule has 18 heavy (non-hydrogen) atoms. The SMILES string of the molecule is CCOc1ccc(C=NN2CCOCC2)c(O)c1. The first kappa shape index (κ1) is 12.7. The van der Waals surface area contributed by atoms with Crippen molar-refractivity contribution >= 4 is 6.21 Å². The van der Waals surface area contributed by atoms with E-state index >= 15 is 0 Å². The lowest BCUT2D eigenvalue weighted by Crippen LogP contribution is -2.32. The van der Waals surface area contributed by atoms with Crippen molar-refractivity contribution in [1.82, 2.24) is 5.01 Å². The summed E-state index contributed by atoms with van der Waals surface area (Å²) in [7, 11) is 0. The second-order valence-corrected chi connectivity index (χ2v) is 3.96. The zero-order chi connectivity index (χ0) is 12.8. The first-order chi connectivity index (χ1) is 8.79. The summed E-state index contributed by atoms with van der Waals surface area (Å²) in [6.07, 6.45) is 1.66. The highest BCUT2D eigenvalue weighted by Crippen LogP contribution is 2.22. The zero-order valence-corrected chi connectivity index (χ0v) is 10.5. The van der Waals surface area contributed by atoms with Crippen molar-refractivity contribution in [3.05, 3.63) is 23.8 Å². The maximum atomic E-state index is 9.83. The molecule has 1 aromatic carbocycles. The molecule has 0 spiro atoms. The van der Waals surface area contributed by atoms with Gasteiger partial charge in [-0.1, -0.05) is 0 Å². The van der Waals surface area contributed by atoms with E-state index in [4.69, 9.17) is 9.47 Å². The number of nitrogens with zero attached hydrogens (tertiary/aromatic N) is 2. The van der Waals surface area contributed by atoms with Crippen molar-refractivity contribution in [2.24, 2.45) is 5.10 Å². The Bertz CT molecular complexity index is 415. The van der Waals surface area contributed by atoms with Crippen LogP contribution in [0, 0.1) is 0 Å². The second kappa shape index (κ2) is 6.26. The van der Waals surface area contributed by atoms with Crippen molar-refractivity contribution in [3.8, 4) is 11.5 Å². The fourth-order valence-corrected chi connectivity index (χ4v) is 1.70. The van der Waals surface area contributed by atoms with Crippen molar-refractivity contribution in [3.63, 3.8) is 0 Å². The Morgan fingerprint density at radius 1 is 1.44 bits per heavy atom. The molecular weight excluding hydrogens is 232 g/mol. The molecule has 0 atom stereocenters. The molecule has 0 aromatic heterocycles. The zero-order valence-electron chi connectivity index (χ0n) is 10.5. The molecule has 1 N–H and O–H groups in total. The molecule has 1 heterocycles. The molecule has 0 amide bonds. The first-order valence-electron chi connectivity index (χ1n) is 6.12. The molecule has 5 nitrogen and oxygen atoms in total. The fraction of sp³-hybridized carbons (Fsp3) is 0.462. The predicted octanol–water partition coefficient (Wildman–Crippen LogP) is 1.46. The second-order valence-electron chi connectivity index (χ2n) is 3.96. The van der Waals surface area contributed by atoms with Gasteiger partial charge in [0.15, 0.2) is 0 Å². The van der Waals surface area contributed by atoms with Crippen LogP contribution in [0.3, 0.4) is 0 Å². The van der Waals surface area contributed by atoms with Gasteiger partial charge in [0.05, 0.1) is 39.1 Å². The fourth-order valence-electron chi connectivity index (χ4n) is 1.70. The van der Waals surface area contributed by atoms with E-state index in [1.165, 1.54) is 0 Å². The van der Waals surface area contributed by atoms with Crippen LogP contribution in [0.15, 0.2) is 23.3 Å². The Morgan fingerprint density at radius 3 is 2.89 bits per heavy atom. The smallest absolute Gasteiger partial charge is 0.128 e. The van der Waals surface area contributed by atoms with Gasteiger partial charge in [0, 0.05) is 11.6 Å². The summed E-state index contributed by atoms with van der Waals surface area (Å²) in [6.45, 7) is 5.47. The monoisotopic (exact) mass is 250 g/mol. The van der Waals surface area contributed by atoms with Crippen molar-refractivity contribution < 1.29 is 14.6 Å². The van der Waals surface area contributed by atoms with Crippen LogP contribution in [-0.4, -0.2) is 49.2 Å². The Labute approximate surface area is 107 Å². The van der Waals surface area contributed by atoms with Gasteiger partial charge in [0.1, 0.15) is 11.5 Å². The van der Waals surface area contributed by atoms with Crippen LogP contribution in [0.1, 0.15) is 12.5 Å². The van der Waals surface area contributed by atoms with E-state index in [1.54, 1.807) is 18.3 Å². The van der Waals surface area contributed by atoms with Crippen LogP contribution in [0.4, 0.5) is 0 Å². The van der Waals surface area contributed by atoms with Crippen LogP contribution < -0.4 is 4.74 Å². The molecule has 1 aliphatic rings. The van der Waals surface area contributed by atoms with Gasteiger partial charge in [-0.3, -0.25) is 5.01 Å². The van der Waals surface area contributed by atoms with Crippen LogP contribution in [-0.2, 0) is 4.74 Å². The Kier molecular flexibility index (Phi) is 4.41. The molecule has 0 bridgehead atoms. The van der Waals surface area contributed by atoms with Gasteiger partial charge in [-0.2, -0.15) is 5.10 Å². The molecule has 0 saturated carbocycles. The number of morpholine rings is 1. The number of ether oxygens (including phenoxy) is 2. The number of hydrazone groups is 1. The van der Waals surface area contributed by atoms with Crippen LogP contribution in [0.25, 0.3) is 0 Å². The van der Waals surface area contributed by atoms with E-state index in [2.05, 4.69) is 5.10 Å². The van der Waals surface area contributed by atoms with Gasteiger partial charge in [-0.15, -0.1) is 0 Å². The molecule has 0 unspecified atom stereocenters. The minimum Gasteiger partial charge on any atom is -0.507 e. The standard InChI is InChI=1S/C13H18N2O3/c1-2-18-12-4-3-11(13(16)9-12)10-14-15-5-7-17-8-6-15/h3-4,9-10,16H,2,5-8H2,1H3. The van der Waals surface area contributed by atoms with Gasteiger partial charge in [0.25, 0.3) is 0 Å². The van der Waals surface area contributed by atoms with Gasteiger partial charge in [-0.25, -0.2) is 0 Å². The lowest BCUT2D eigenvalue weighted by Gasteiger charge is -2.23. The molecule has 5 heteroatoms. The van der Waals surface area contributed by atoms with Crippen molar-refractivity contribution in [2.75, 3.05) is 32.9 Å². The van der Waals surface area contributed by atoms with E-state index in [1.807, 2.05) is 18.0 Å². The molecule has 2 rings (SSSR count). The Balaban J connectivity index is 2.01. The van der Waals surface area contributed by atoms with E-state index in [9.17, 15) is 5.11 Å². The number of phenols is 1. The highest BCUT2D eigenvalue weighted by atomic mass is 16.5. The first-order valence-corrected chi connectivity index (χ1v) is 6.12. The van der Waals surface area contributed by atoms with E-state index in [0.717, 1.165) is 13.1 Å². The van der Waals surface area contributed by atoms with E-state index < -0.39 is 0 Å². The van der Waals surface area contributed by atoms with Gasteiger partial charge < -0.3 is 14.6 Å². The lowest BCUT2D eigenvalue weighted by molar-refractivity contribution is 0.0397. The highest BCUT2D eigenvalue weighted by molar-refractivity contribution is 5.83. The number of hydrogen-bond donors (Lipinski definition) is 1. The highest BCUT2D eigenvalue weighted by Gasteiger charge is 2.07. The van der Waals surface area contributed by atoms with Crippen LogP contribution in [0.2, 0.25) is 0 Å². The summed E-state index contributed by atoms with van der Waals surface area (Å²) in [5, 5.41) is 16.1. The van der Waals surface area contributed by atoms with Crippen LogP contribution in [0.5, 0.6) is 11.5 Å². The predicted molar refractivity (Wildman–Crippen MR) is 69.3 cm³/mol. The van der Waals surface area contributed by atoms with Crippen molar-refractivity contribution in [1.29, 1.82) is 0 Å². The summed E-state index contributed by atoms with van der Waals surface area (Å²) in [5.41, 5.74) is 0.685. The summed E-state index contributed by atoms with van der Waals surface area (Å²) in [6, 6.07) is 5.22. The average molecular weight is 250 g/mol. The number of benzene rings is 1. The number of phenolic OH excluding ortho intramolecular Hbond substituents is 1. The maximum Gasteiger partial charge on any atom is 0.128 e.